The van der Waals surface area contributed by atoms with Crippen LogP contribution in [0.3, 0.4) is 0 Å². The minimum absolute atomic E-state index is 0.0476. The van der Waals surface area contributed by atoms with Crippen LogP contribution in [0.15, 0.2) is 171 Å². The summed E-state index contributed by atoms with van der Waals surface area (Å²) in [5.74, 6) is 2.38. The molecule has 0 radical (unpaired) electrons. The molecule has 0 amide bonds. The van der Waals surface area contributed by atoms with Gasteiger partial charge in [-0.15, -0.1) is 0 Å². The minimum atomic E-state index is -1.33. The van der Waals surface area contributed by atoms with Gasteiger partial charge < -0.3 is 39.1 Å². The van der Waals surface area contributed by atoms with E-state index in [2.05, 4.69) is 31.7 Å². The largest absolute Gasteiger partial charge is 0.619 e. The number of hydrogen-bond acceptors (Lipinski definition) is 14. The van der Waals surface area contributed by atoms with E-state index in [1.165, 1.54) is 31.4 Å². The highest BCUT2D eigenvalue weighted by atomic mass is 28.3. The number of aromatic carboxylic acids is 1. The van der Waals surface area contributed by atoms with Crippen molar-refractivity contribution in [3.05, 3.63) is 187 Å². The molecule has 78 heavy (non-hydrogen) atoms. The minimum Gasteiger partial charge on any atom is -0.619 e. The number of nitrogens with zero attached hydrogens (tertiary/aromatic N) is 7. The van der Waals surface area contributed by atoms with E-state index in [9.17, 15) is 15.1 Å². The highest BCUT2D eigenvalue weighted by molar-refractivity contribution is 6.83. The van der Waals surface area contributed by atoms with Gasteiger partial charge in [-0.2, -0.15) is 9.99 Å². The van der Waals surface area contributed by atoms with Crippen LogP contribution >= 0.6 is 0 Å². The first-order valence-electron chi connectivity index (χ1n) is 25.2. The standard InChI is InChI=1S/C11H8N2O.C11H9NO3.C10H9NO2.C10H9NO.C9H7NO.C4H9NSi.C4H8O.C2H6/c1-14-11-4-2-3-8-9(11)5-6-13-10(8)7-12;1-15-9-4-2-3-8-7(9)5-6-12-10(8)11(13)14;1-13-10-4-2-3-8-7-11(12)6-5-9(8)10;1-12-10-4-2-3-8-7-11-6-5-9(8)10;11-9-3-1-2-7-6-10-5-4-8(7)9;1-6(2,3)4-5;1-2-4-5-3-1;1-2/h2-6H,1H3;2-6H,1H3,(H,13,14);2-7H,1H3;2-7H,1H3;1-6,11H;1-3H3;1-4H2;1-2H3/i;;;;;;;1D. The fourth-order valence-electron chi connectivity index (χ4n) is 7.22. The predicted molar refractivity (Wildman–Crippen MR) is 310 cm³/mol. The number of carbonyl (C=O) groups is 1. The number of aromatic hydroxyl groups is 1. The summed E-state index contributed by atoms with van der Waals surface area (Å²) in [4.78, 5) is 26.7. The van der Waals surface area contributed by atoms with Crippen LogP contribution in [0.2, 0.25) is 19.6 Å². The fraction of sp³-hybridized carbons (Fsp3) is 0.213. The number of fused-ring (bicyclic) bond motifs is 5. The van der Waals surface area contributed by atoms with Crippen molar-refractivity contribution >= 4 is 67.9 Å². The molecule has 0 atom stereocenters. The molecule has 0 spiro atoms. The maximum atomic E-state index is 11.0. The molecule has 16 nitrogen and oxygen atoms in total. The molecule has 0 bridgehead atoms. The first-order valence-corrected chi connectivity index (χ1v) is 28.0. The summed E-state index contributed by atoms with van der Waals surface area (Å²) >= 11 is 0. The summed E-state index contributed by atoms with van der Waals surface area (Å²) in [7, 11) is 5.13. The number of methoxy groups -OCH3 is 4. The number of carboxylic acids is 1. The average molecular weight is 1070 g/mol. The lowest BCUT2D eigenvalue weighted by molar-refractivity contribution is -0.603. The molecule has 0 unspecified atom stereocenters. The Morgan fingerprint density at radius 3 is 1.55 bits per heavy atom. The van der Waals surface area contributed by atoms with Crippen LogP contribution in [-0.2, 0) is 4.74 Å². The first-order chi connectivity index (χ1) is 38.2. The van der Waals surface area contributed by atoms with E-state index in [1.54, 1.807) is 109 Å². The Kier molecular flexibility index (Phi) is 24.5. The fourth-order valence-corrected chi connectivity index (χ4v) is 7.22. The molecule has 17 heteroatoms. The molecule has 1 aliphatic rings. The molecule has 0 saturated carbocycles. The quantitative estimate of drug-likeness (QED) is 0.0927. The van der Waals surface area contributed by atoms with E-state index in [1.807, 2.05) is 98.6 Å². The third-order valence-corrected chi connectivity index (χ3v) is 11.6. The van der Waals surface area contributed by atoms with Gasteiger partial charge in [0.2, 0.25) is 0 Å². The van der Waals surface area contributed by atoms with Crippen LogP contribution in [0, 0.1) is 27.5 Å². The van der Waals surface area contributed by atoms with E-state index in [4.69, 9.17) is 40.7 Å². The Labute approximate surface area is 457 Å². The summed E-state index contributed by atoms with van der Waals surface area (Å²) in [6, 6.07) is 38.9. The van der Waals surface area contributed by atoms with Gasteiger partial charge in [-0.1, -0.05) is 88.1 Å². The van der Waals surface area contributed by atoms with Gasteiger partial charge in [0.1, 0.15) is 40.5 Å². The van der Waals surface area contributed by atoms with Crippen molar-refractivity contribution in [2.45, 2.75) is 46.3 Å². The van der Waals surface area contributed by atoms with Crippen LogP contribution in [0.5, 0.6) is 28.7 Å². The van der Waals surface area contributed by atoms with Crippen molar-refractivity contribution in [3.63, 3.8) is 0 Å². The summed E-state index contributed by atoms with van der Waals surface area (Å²) in [6.07, 6.45) is 15.6. The number of carboxylic acid groups (broad SMARTS) is 1. The molecule has 11 rings (SSSR count). The number of pyridine rings is 5. The lowest BCUT2D eigenvalue weighted by Gasteiger charge is -2.05. The van der Waals surface area contributed by atoms with Crippen LogP contribution < -0.4 is 23.7 Å². The number of ether oxygens (including phenoxy) is 5. The molecule has 1 fully saturated rings. The van der Waals surface area contributed by atoms with Gasteiger partial charge in [0, 0.05) is 112 Å². The molecule has 402 valence electrons. The molecule has 5 aromatic carbocycles. The molecule has 5 aromatic heterocycles. The molecule has 0 aliphatic carbocycles. The topological polar surface area (TPSA) is 230 Å². The Morgan fingerprint density at radius 2 is 1.06 bits per heavy atom. The zero-order chi connectivity index (χ0) is 57.6. The van der Waals surface area contributed by atoms with Gasteiger partial charge >= 0.3 is 5.97 Å². The second-order valence-electron chi connectivity index (χ2n) is 17.2. The molecule has 1 aliphatic heterocycles. The highest BCUT2D eigenvalue weighted by Gasteiger charge is 2.12. The van der Waals surface area contributed by atoms with Crippen molar-refractivity contribution in [3.8, 4) is 40.5 Å². The smallest absolute Gasteiger partial charge is 0.355 e. The van der Waals surface area contributed by atoms with Crippen molar-refractivity contribution in [1.29, 1.82) is 10.5 Å². The third kappa shape index (κ3) is 18.2. The molecular formula is C61H65N7O9Si. The van der Waals surface area contributed by atoms with Crippen LogP contribution in [0.4, 0.5) is 0 Å². The predicted octanol–water partition coefficient (Wildman–Crippen LogP) is 12.9. The summed E-state index contributed by atoms with van der Waals surface area (Å²) in [6.45, 7) is 10.4. The van der Waals surface area contributed by atoms with Crippen LogP contribution in [0.1, 0.15) is 44.2 Å². The highest BCUT2D eigenvalue weighted by Crippen LogP contribution is 2.28. The Morgan fingerprint density at radius 1 is 0.628 bits per heavy atom. The summed E-state index contributed by atoms with van der Waals surface area (Å²) in [5, 5.41) is 55.3. The summed E-state index contributed by atoms with van der Waals surface area (Å²) < 4.78 is 32.6. The molecule has 6 heterocycles. The van der Waals surface area contributed by atoms with Gasteiger partial charge in [0.15, 0.2) is 26.2 Å². The Balaban J connectivity index is 0.000000201. The number of aromatic nitrogens is 5. The second kappa shape index (κ2) is 32.1. The van der Waals surface area contributed by atoms with E-state index in [0.717, 1.165) is 83.7 Å². The monoisotopic (exact) mass is 1070 g/mol. The van der Waals surface area contributed by atoms with Crippen molar-refractivity contribution in [2.24, 2.45) is 0 Å². The molecular weight excluding hydrogens is 1000 g/mol. The Hall–Kier alpha value is -9.42. The number of phenolic OH excluding ortho intramolecular Hbond substituents is 1. The first kappa shape index (κ1) is 59.5. The van der Waals surface area contributed by atoms with Gasteiger partial charge in [-0.25, -0.2) is 20.0 Å². The maximum absolute atomic E-state index is 11.0. The number of nitriles is 2. The zero-order valence-corrected chi connectivity index (χ0v) is 46.1. The van der Waals surface area contributed by atoms with Crippen molar-refractivity contribution in [1.82, 2.24) is 19.9 Å². The molecule has 10 aromatic rings. The van der Waals surface area contributed by atoms with Gasteiger partial charge in [0.25, 0.3) is 0 Å². The van der Waals surface area contributed by atoms with Gasteiger partial charge in [0.05, 0.1) is 33.8 Å². The number of rotatable bonds is 5. The van der Waals surface area contributed by atoms with Crippen molar-refractivity contribution in [2.75, 3.05) is 41.7 Å². The van der Waals surface area contributed by atoms with Gasteiger partial charge in [-0.05, 0) is 73.5 Å². The van der Waals surface area contributed by atoms with E-state index >= 15 is 0 Å². The number of hydrogen-bond donors (Lipinski definition) is 2. The Bertz CT molecular complexity index is 3590. The second-order valence-corrected chi connectivity index (χ2v) is 22.0. The van der Waals surface area contributed by atoms with Crippen molar-refractivity contribution < 1.29 is 44.8 Å². The lowest BCUT2D eigenvalue weighted by atomic mass is 10.1. The van der Waals surface area contributed by atoms with E-state index in [0.29, 0.717) is 29.5 Å². The lowest BCUT2D eigenvalue weighted by Crippen LogP contribution is -2.23. The zero-order valence-electron chi connectivity index (χ0n) is 46.1. The van der Waals surface area contributed by atoms with E-state index < -0.39 is 14.0 Å². The normalized spacial score (nSPS) is 11.0. The number of phenols is 1. The van der Waals surface area contributed by atoms with Gasteiger partial charge in [-0.3, -0.25) is 9.97 Å². The number of benzene rings is 5. The SMILES string of the molecule is C1CCOC1.COc1cccc2c(C#N)nccc12.COc1cccc2c(C(=O)O)nccc12.COc1cccc2c[n+]([O-])ccc12.COc1cccc2cnccc12.C[Si](C)(C)C#N.Oc1cccc2cnccc12.[2H]CC. The summed E-state index contributed by atoms with van der Waals surface area (Å²) in [5.41, 5.74) is 2.72. The maximum Gasteiger partial charge on any atom is 0.355 e. The third-order valence-electron chi connectivity index (χ3n) is 10.9. The molecule has 2 N–H and O–H groups in total. The van der Waals surface area contributed by atoms with Crippen LogP contribution in [-0.4, -0.2) is 85.8 Å². The molecule has 1 saturated heterocycles. The average Bonchev–Trinajstić information content (AvgIpc) is 4.09. The van der Waals surface area contributed by atoms with Crippen LogP contribution in [0.25, 0.3) is 53.9 Å². The van der Waals surface area contributed by atoms with E-state index in [-0.39, 0.29) is 5.69 Å².